The van der Waals surface area contributed by atoms with E-state index in [0.717, 1.165) is 6.42 Å². The van der Waals surface area contributed by atoms with E-state index in [0.29, 0.717) is 24.4 Å². The third kappa shape index (κ3) is 4.25. The lowest BCUT2D eigenvalue weighted by Crippen LogP contribution is -2.25. The van der Waals surface area contributed by atoms with Crippen molar-refractivity contribution in [3.8, 4) is 0 Å². The average Bonchev–Trinajstić information content (AvgIpc) is 2.69. The first-order chi connectivity index (χ1) is 7.52. The summed E-state index contributed by atoms with van der Waals surface area (Å²) in [6.07, 6.45) is 3.51. The van der Waals surface area contributed by atoms with Crippen LogP contribution in [0.1, 0.15) is 19.3 Å². The van der Waals surface area contributed by atoms with Crippen LogP contribution in [0.5, 0.6) is 0 Å². The Morgan fingerprint density at radius 3 is 2.88 bits per heavy atom. The smallest absolute Gasteiger partial charge is 0.257 e. The number of H-pyrrole nitrogens is 1. The number of hydrogen-bond donors (Lipinski definition) is 3. The number of aromatic amines is 1. The minimum absolute atomic E-state index is 0.0712. The fourth-order valence-corrected chi connectivity index (χ4v) is 2.23. The van der Waals surface area contributed by atoms with Gasteiger partial charge in [-0.1, -0.05) is 12.2 Å². The molecule has 0 aromatic carbocycles. The number of thiocarbonyl (C=S) groups is 1. The van der Waals surface area contributed by atoms with Crippen LogP contribution in [0.15, 0.2) is 17.3 Å². The van der Waals surface area contributed by atoms with Gasteiger partial charge in [-0.15, -0.1) is 0 Å². The molecule has 0 atom stereocenters. The minimum Gasteiger partial charge on any atom is -0.393 e. The van der Waals surface area contributed by atoms with Crippen LogP contribution in [0.2, 0.25) is 0 Å². The lowest BCUT2D eigenvalue weighted by Gasteiger charge is -2.03. The van der Waals surface area contributed by atoms with E-state index in [4.69, 9.17) is 18.0 Å². The van der Waals surface area contributed by atoms with E-state index in [9.17, 15) is 8.42 Å². The largest absolute Gasteiger partial charge is 0.393 e. The van der Waals surface area contributed by atoms with Gasteiger partial charge in [0, 0.05) is 6.54 Å². The topological polar surface area (TPSA) is 101 Å². The van der Waals surface area contributed by atoms with Crippen LogP contribution in [0.25, 0.3) is 0 Å². The van der Waals surface area contributed by atoms with Gasteiger partial charge in [-0.3, -0.25) is 5.10 Å². The fraction of sp³-hybridized carbons (Fsp3) is 0.500. The molecule has 6 nitrogen and oxygen atoms in total. The van der Waals surface area contributed by atoms with E-state index in [1.807, 2.05) is 0 Å². The highest BCUT2D eigenvalue weighted by atomic mass is 32.2. The molecule has 0 amide bonds. The third-order valence-corrected chi connectivity index (χ3v) is 3.50. The molecule has 0 fully saturated rings. The van der Waals surface area contributed by atoms with E-state index in [2.05, 4.69) is 14.9 Å². The molecular weight excluding hydrogens is 248 g/mol. The normalized spacial score (nSPS) is 11.5. The number of nitrogens with zero attached hydrogens (tertiary/aromatic N) is 1. The Balaban J connectivity index is 2.30. The highest BCUT2D eigenvalue weighted by molar-refractivity contribution is 7.89. The Labute approximate surface area is 99.7 Å². The number of rotatable bonds is 7. The van der Waals surface area contributed by atoms with Gasteiger partial charge < -0.3 is 5.73 Å². The second kappa shape index (κ2) is 5.92. The number of hydrogen-bond acceptors (Lipinski definition) is 4. The molecule has 8 heteroatoms. The molecule has 0 bridgehead atoms. The first-order valence-electron chi connectivity index (χ1n) is 4.80. The molecule has 16 heavy (non-hydrogen) atoms. The second-order valence-electron chi connectivity index (χ2n) is 3.24. The van der Waals surface area contributed by atoms with Gasteiger partial charge in [0.15, 0.2) is 5.03 Å². The highest BCUT2D eigenvalue weighted by Crippen LogP contribution is 2.02. The van der Waals surface area contributed by atoms with Gasteiger partial charge in [-0.2, -0.15) is 5.10 Å². The van der Waals surface area contributed by atoms with Crippen molar-refractivity contribution in [1.29, 1.82) is 0 Å². The standard InChI is InChI=1S/C8H14N4O2S2/c9-7(15)3-1-2-5-11-16(13,14)8-4-6-10-12-8/h4,6,11H,1-3,5H2,(H2,9,15)(H,10,12). The van der Waals surface area contributed by atoms with Crippen LogP contribution in [-0.2, 0) is 10.0 Å². The molecule has 1 rings (SSSR count). The molecule has 4 N–H and O–H groups in total. The summed E-state index contributed by atoms with van der Waals surface area (Å²) >= 11 is 4.71. The average molecular weight is 262 g/mol. The molecule has 0 saturated carbocycles. The number of nitrogens with two attached hydrogens (primary N) is 1. The Bertz CT molecular complexity index is 427. The van der Waals surface area contributed by atoms with Crippen molar-refractivity contribution >= 4 is 27.2 Å². The maximum Gasteiger partial charge on any atom is 0.257 e. The van der Waals surface area contributed by atoms with Gasteiger partial charge in [0.2, 0.25) is 0 Å². The first-order valence-corrected chi connectivity index (χ1v) is 6.69. The van der Waals surface area contributed by atoms with Gasteiger partial charge >= 0.3 is 0 Å². The molecule has 0 aliphatic carbocycles. The lowest BCUT2D eigenvalue weighted by molar-refractivity contribution is 0.573. The summed E-state index contributed by atoms with van der Waals surface area (Å²) in [5.41, 5.74) is 5.32. The van der Waals surface area contributed by atoms with E-state index in [1.165, 1.54) is 12.3 Å². The summed E-state index contributed by atoms with van der Waals surface area (Å²) < 4.78 is 25.6. The predicted molar refractivity (Wildman–Crippen MR) is 64.4 cm³/mol. The summed E-state index contributed by atoms with van der Waals surface area (Å²) in [6.45, 7) is 0.365. The first kappa shape index (κ1) is 13.1. The second-order valence-corrected chi connectivity index (χ2v) is 5.50. The number of nitrogens with one attached hydrogen (secondary N) is 2. The summed E-state index contributed by atoms with van der Waals surface area (Å²) in [5, 5.41) is 6.04. The number of unbranched alkanes of at least 4 members (excludes halogenated alkanes) is 1. The molecule has 0 aliphatic rings. The van der Waals surface area contributed by atoms with Gasteiger partial charge in [0.05, 0.1) is 11.2 Å². The Morgan fingerprint density at radius 2 is 2.31 bits per heavy atom. The summed E-state index contributed by atoms with van der Waals surface area (Å²) in [4.78, 5) is 0.455. The minimum atomic E-state index is -3.45. The van der Waals surface area contributed by atoms with E-state index in [-0.39, 0.29) is 5.03 Å². The van der Waals surface area contributed by atoms with E-state index < -0.39 is 10.0 Å². The maximum atomic E-state index is 11.6. The van der Waals surface area contributed by atoms with Gasteiger partial charge in [-0.25, -0.2) is 13.1 Å². The number of sulfonamides is 1. The van der Waals surface area contributed by atoms with Crippen molar-refractivity contribution in [2.75, 3.05) is 6.54 Å². The summed E-state index contributed by atoms with van der Waals surface area (Å²) in [5.74, 6) is 0. The molecule has 1 aromatic rings. The molecule has 0 saturated heterocycles. The van der Waals surface area contributed by atoms with Crippen LogP contribution >= 0.6 is 12.2 Å². The highest BCUT2D eigenvalue weighted by Gasteiger charge is 2.13. The molecule has 1 aromatic heterocycles. The van der Waals surface area contributed by atoms with Crippen molar-refractivity contribution in [2.24, 2.45) is 5.73 Å². The van der Waals surface area contributed by atoms with Crippen molar-refractivity contribution in [3.05, 3.63) is 12.3 Å². The van der Waals surface area contributed by atoms with Crippen molar-refractivity contribution < 1.29 is 8.42 Å². The fourth-order valence-electron chi connectivity index (χ4n) is 1.10. The zero-order valence-electron chi connectivity index (χ0n) is 8.64. The molecule has 0 spiro atoms. The van der Waals surface area contributed by atoms with Crippen LogP contribution in [0, 0.1) is 0 Å². The van der Waals surface area contributed by atoms with Crippen molar-refractivity contribution in [1.82, 2.24) is 14.9 Å². The monoisotopic (exact) mass is 262 g/mol. The SMILES string of the molecule is NC(=S)CCCCNS(=O)(=O)c1ccn[nH]1. The Hall–Kier alpha value is -0.990. The van der Waals surface area contributed by atoms with Gasteiger partial charge in [0.1, 0.15) is 0 Å². The zero-order chi connectivity index (χ0) is 12.0. The van der Waals surface area contributed by atoms with Crippen LogP contribution < -0.4 is 10.5 Å². The summed E-state index contributed by atoms with van der Waals surface area (Å²) in [6, 6.07) is 1.40. The van der Waals surface area contributed by atoms with Crippen LogP contribution in [-0.4, -0.2) is 30.1 Å². The third-order valence-electron chi connectivity index (χ3n) is 1.91. The molecule has 0 aliphatic heterocycles. The summed E-state index contributed by atoms with van der Waals surface area (Å²) in [7, 11) is -3.45. The molecular formula is C8H14N4O2S2. The molecule has 1 heterocycles. The quantitative estimate of drug-likeness (QED) is 0.479. The van der Waals surface area contributed by atoms with E-state index >= 15 is 0 Å². The molecule has 90 valence electrons. The predicted octanol–water partition coefficient (Wildman–Crippen LogP) is 0.144. The Kier molecular flexibility index (Phi) is 4.84. The van der Waals surface area contributed by atoms with Gasteiger partial charge in [-0.05, 0) is 25.3 Å². The lowest BCUT2D eigenvalue weighted by atomic mass is 10.2. The molecule has 0 unspecified atom stereocenters. The Morgan fingerprint density at radius 1 is 1.56 bits per heavy atom. The van der Waals surface area contributed by atoms with Crippen LogP contribution in [0.3, 0.4) is 0 Å². The van der Waals surface area contributed by atoms with Crippen molar-refractivity contribution in [2.45, 2.75) is 24.3 Å². The van der Waals surface area contributed by atoms with Gasteiger partial charge in [0.25, 0.3) is 10.0 Å². The van der Waals surface area contributed by atoms with Crippen LogP contribution in [0.4, 0.5) is 0 Å². The number of aromatic nitrogens is 2. The van der Waals surface area contributed by atoms with E-state index in [1.54, 1.807) is 0 Å². The molecule has 0 radical (unpaired) electrons. The zero-order valence-corrected chi connectivity index (χ0v) is 10.3. The van der Waals surface area contributed by atoms with Crippen molar-refractivity contribution in [3.63, 3.8) is 0 Å². The maximum absolute atomic E-state index is 11.6.